The van der Waals surface area contributed by atoms with E-state index in [9.17, 15) is 29.4 Å². The third kappa shape index (κ3) is 4.64. The molecule has 0 aromatic heterocycles. The highest BCUT2D eigenvalue weighted by molar-refractivity contribution is 6.19. The molecule has 6 N–H and O–H groups in total. The Hall–Kier alpha value is -2.72. The first kappa shape index (κ1) is 19.3. The van der Waals surface area contributed by atoms with Crippen LogP contribution in [0.15, 0.2) is 23.5 Å². The fraction of sp³-hybridized carbons (Fsp3) is 0.429. The van der Waals surface area contributed by atoms with Crippen LogP contribution in [-0.4, -0.2) is 68.2 Å². The fourth-order valence-electron chi connectivity index (χ4n) is 1.90. The molecule has 0 heterocycles. The van der Waals surface area contributed by atoms with E-state index in [-0.39, 0.29) is 11.4 Å². The molecule has 0 amide bonds. The van der Waals surface area contributed by atoms with Gasteiger partial charge < -0.3 is 31.1 Å². The Morgan fingerprint density at radius 2 is 1.12 bits per heavy atom. The summed E-state index contributed by atoms with van der Waals surface area (Å²) in [7, 11) is 0. The lowest BCUT2D eigenvalue weighted by Crippen LogP contribution is -2.48. The Morgan fingerprint density at radius 3 is 1.33 bits per heavy atom. The number of allylic oxidation sites excluding steroid dienone is 2. The minimum atomic E-state index is -1.50. The molecule has 0 unspecified atom stereocenters. The zero-order valence-electron chi connectivity index (χ0n) is 12.9. The molecule has 0 aromatic carbocycles. The van der Waals surface area contributed by atoms with Gasteiger partial charge in [0.25, 0.3) is 0 Å². The second-order valence-corrected chi connectivity index (χ2v) is 5.25. The van der Waals surface area contributed by atoms with E-state index in [0.717, 1.165) is 12.2 Å². The van der Waals surface area contributed by atoms with E-state index in [4.69, 9.17) is 10.2 Å². The Morgan fingerprint density at radius 1 is 0.833 bits per heavy atom. The van der Waals surface area contributed by atoms with E-state index in [1.807, 2.05) is 0 Å². The molecule has 10 nitrogen and oxygen atoms in total. The Bertz CT molecular complexity index is 566. The van der Waals surface area contributed by atoms with Crippen LogP contribution < -0.4 is 10.6 Å². The topological polar surface area (TPSA) is 173 Å². The quantitative estimate of drug-likeness (QED) is 0.264. The van der Waals surface area contributed by atoms with Gasteiger partial charge >= 0.3 is 11.9 Å². The van der Waals surface area contributed by atoms with Crippen LogP contribution in [0.5, 0.6) is 0 Å². The minimum Gasteiger partial charge on any atom is -0.480 e. The van der Waals surface area contributed by atoms with Gasteiger partial charge in [0.1, 0.15) is 0 Å². The number of carbonyl (C=O) groups excluding carboxylic acids is 2. The highest BCUT2D eigenvalue weighted by atomic mass is 16.4. The zero-order valence-corrected chi connectivity index (χ0v) is 12.9. The second-order valence-electron chi connectivity index (χ2n) is 5.25. The number of aliphatic carboxylic acids is 2. The standard InChI is InChI=1S/C14H18N2O8/c1-5(17)11(13(21)22)15-7-3-10(20)8(4-9(7)19)16-12(6(2)18)14(23)24/h3-6,11-12,15-18H,1-2H3,(H,21,22)(H,23,24)/t5-,6-,11+,12+/m0/s1. The van der Waals surface area contributed by atoms with Crippen LogP contribution in [0.2, 0.25) is 0 Å². The number of carbonyl (C=O) groups is 4. The summed E-state index contributed by atoms with van der Waals surface area (Å²) in [6.07, 6.45) is -1.07. The summed E-state index contributed by atoms with van der Waals surface area (Å²) in [6.45, 7) is 2.40. The van der Waals surface area contributed by atoms with Gasteiger partial charge in [-0.05, 0) is 13.8 Å². The first-order chi connectivity index (χ1) is 11.0. The first-order valence-corrected chi connectivity index (χ1v) is 6.91. The third-order valence-corrected chi connectivity index (χ3v) is 3.20. The predicted molar refractivity (Wildman–Crippen MR) is 78.7 cm³/mol. The lowest BCUT2D eigenvalue weighted by Gasteiger charge is -2.23. The first-order valence-electron chi connectivity index (χ1n) is 6.91. The molecule has 0 aliphatic heterocycles. The highest BCUT2D eigenvalue weighted by Gasteiger charge is 2.30. The van der Waals surface area contributed by atoms with E-state index >= 15 is 0 Å². The molecular weight excluding hydrogens is 324 g/mol. The number of carboxylic acid groups (broad SMARTS) is 2. The van der Waals surface area contributed by atoms with E-state index in [0.29, 0.717) is 0 Å². The van der Waals surface area contributed by atoms with Gasteiger partial charge in [0, 0.05) is 12.2 Å². The van der Waals surface area contributed by atoms with Crippen LogP contribution in [0, 0.1) is 0 Å². The maximum absolute atomic E-state index is 12.0. The average Bonchev–Trinajstić information content (AvgIpc) is 2.44. The van der Waals surface area contributed by atoms with E-state index < -0.39 is 47.8 Å². The molecule has 0 bridgehead atoms. The van der Waals surface area contributed by atoms with Gasteiger partial charge in [0.05, 0.1) is 23.6 Å². The number of hydrogen-bond donors (Lipinski definition) is 6. The number of aliphatic hydroxyl groups is 2. The van der Waals surface area contributed by atoms with E-state index in [1.54, 1.807) is 0 Å². The molecule has 0 aromatic rings. The number of aliphatic hydroxyl groups excluding tert-OH is 2. The third-order valence-electron chi connectivity index (χ3n) is 3.20. The largest absolute Gasteiger partial charge is 0.480 e. The van der Waals surface area contributed by atoms with Gasteiger partial charge in [-0.3, -0.25) is 9.59 Å². The minimum absolute atomic E-state index is 0.345. The SMILES string of the molecule is C[C@H](O)[C@@H](NC1=CC(=O)C(N[C@@H](C(=O)O)[C@H](C)O)=CC1=O)C(=O)O. The average molecular weight is 342 g/mol. The molecule has 0 saturated heterocycles. The molecule has 0 saturated carbocycles. The summed E-state index contributed by atoms with van der Waals surface area (Å²) in [5.74, 6) is -4.39. The monoisotopic (exact) mass is 342 g/mol. The van der Waals surface area contributed by atoms with Crippen molar-refractivity contribution in [2.75, 3.05) is 0 Å². The number of nitrogens with one attached hydrogen (secondary N) is 2. The molecule has 4 atom stereocenters. The van der Waals surface area contributed by atoms with E-state index in [2.05, 4.69) is 10.6 Å². The molecular formula is C14H18N2O8. The molecule has 1 rings (SSSR count). The highest BCUT2D eigenvalue weighted by Crippen LogP contribution is 2.11. The van der Waals surface area contributed by atoms with Crippen molar-refractivity contribution in [2.45, 2.75) is 38.1 Å². The van der Waals surface area contributed by atoms with Gasteiger partial charge in [-0.15, -0.1) is 0 Å². The summed E-state index contributed by atoms with van der Waals surface area (Å²) >= 11 is 0. The summed E-state index contributed by atoms with van der Waals surface area (Å²) in [5.41, 5.74) is -0.689. The van der Waals surface area contributed by atoms with Crippen molar-refractivity contribution >= 4 is 23.5 Å². The molecule has 24 heavy (non-hydrogen) atoms. The van der Waals surface area contributed by atoms with Crippen LogP contribution in [0.25, 0.3) is 0 Å². The fourth-order valence-corrected chi connectivity index (χ4v) is 1.90. The van der Waals surface area contributed by atoms with Gasteiger partial charge in [-0.1, -0.05) is 0 Å². The zero-order chi connectivity index (χ0) is 18.6. The molecule has 0 spiro atoms. The van der Waals surface area contributed by atoms with Crippen LogP contribution in [-0.2, 0) is 19.2 Å². The van der Waals surface area contributed by atoms with Crippen LogP contribution in [0.1, 0.15) is 13.8 Å². The summed E-state index contributed by atoms with van der Waals surface area (Å²) < 4.78 is 0. The van der Waals surface area contributed by atoms with Crippen LogP contribution >= 0.6 is 0 Å². The maximum Gasteiger partial charge on any atom is 0.328 e. The second kappa shape index (κ2) is 7.70. The lowest BCUT2D eigenvalue weighted by molar-refractivity contribution is -0.143. The molecule has 1 aliphatic carbocycles. The Kier molecular flexibility index (Phi) is 6.20. The predicted octanol–water partition coefficient (Wildman–Crippen LogP) is -2.25. The molecule has 1 aliphatic rings. The molecule has 0 fully saturated rings. The van der Waals surface area contributed by atoms with Crippen molar-refractivity contribution in [3.8, 4) is 0 Å². The maximum atomic E-state index is 12.0. The van der Waals surface area contributed by atoms with Crippen molar-refractivity contribution in [2.24, 2.45) is 0 Å². The summed E-state index contributed by atoms with van der Waals surface area (Å²) in [6, 6.07) is -3.00. The molecule has 0 radical (unpaired) electrons. The number of ketones is 2. The van der Waals surface area contributed by atoms with Crippen LogP contribution in [0.3, 0.4) is 0 Å². The van der Waals surface area contributed by atoms with Crippen molar-refractivity contribution in [1.82, 2.24) is 10.6 Å². The van der Waals surface area contributed by atoms with Crippen molar-refractivity contribution < 1.29 is 39.6 Å². The van der Waals surface area contributed by atoms with Gasteiger partial charge in [-0.25, -0.2) is 9.59 Å². The van der Waals surface area contributed by atoms with E-state index in [1.165, 1.54) is 13.8 Å². The smallest absolute Gasteiger partial charge is 0.328 e. The van der Waals surface area contributed by atoms with Crippen LogP contribution in [0.4, 0.5) is 0 Å². The van der Waals surface area contributed by atoms with Gasteiger partial charge in [-0.2, -0.15) is 0 Å². The molecule has 10 heteroatoms. The van der Waals surface area contributed by atoms with Crippen molar-refractivity contribution in [3.63, 3.8) is 0 Å². The Labute approximate surface area is 136 Å². The molecule has 132 valence electrons. The lowest BCUT2D eigenvalue weighted by atomic mass is 10.0. The number of hydrogen-bond acceptors (Lipinski definition) is 8. The van der Waals surface area contributed by atoms with Crippen molar-refractivity contribution in [1.29, 1.82) is 0 Å². The Balaban J connectivity index is 2.94. The van der Waals surface area contributed by atoms with Gasteiger partial charge in [0.2, 0.25) is 11.6 Å². The normalized spacial score (nSPS) is 19.5. The summed E-state index contributed by atoms with van der Waals surface area (Å²) in [4.78, 5) is 45.9. The summed E-state index contributed by atoms with van der Waals surface area (Å²) in [5, 5.41) is 41.2. The number of carboxylic acids is 2. The van der Waals surface area contributed by atoms with Gasteiger partial charge in [0.15, 0.2) is 12.1 Å². The number of rotatable bonds is 8. The van der Waals surface area contributed by atoms with Crippen molar-refractivity contribution in [3.05, 3.63) is 23.5 Å².